The molecule has 0 rings (SSSR count). The highest BCUT2D eigenvalue weighted by molar-refractivity contribution is 5.88. The average molecular weight is 217 g/mol. The zero-order chi connectivity index (χ0) is 11.8. The van der Waals surface area contributed by atoms with Crippen molar-refractivity contribution < 1.29 is 24.2 Å². The van der Waals surface area contributed by atoms with Crippen molar-refractivity contribution in [2.45, 2.75) is 12.8 Å². The number of nitrogens with zero attached hydrogens (tertiary/aromatic N) is 1. The Hall–Kier alpha value is -1.92. The number of carbonyl (C=O) groups excluding carboxylic acids is 2. The normalized spacial score (nSPS) is 11.3. The zero-order valence-corrected chi connectivity index (χ0v) is 8.35. The molecule has 0 amide bonds. The molecule has 7 heteroatoms. The van der Waals surface area contributed by atoms with Crippen LogP contribution in [0, 0.1) is 4.91 Å². The van der Waals surface area contributed by atoms with Gasteiger partial charge in [0, 0.05) is 6.42 Å². The molecule has 0 aromatic heterocycles. The molecule has 0 saturated heterocycles. The quantitative estimate of drug-likeness (QED) is 0.314. The highest BCUT2D eigenvalue weighted by Gasteiger charge is 2.17. The topological polar surface area (TPSA) is 102 Å². The van der Waals surface area contributed by atoms with Crippen molar-refractivity contribution in [3.8, 4) is 0 Å². The SMILES string of the molecule is COC(=O)CC/C(O)=C(\N=O)C(=O)OC. The molecule has 15 heavy (non-hydrogen) atoms. The Balaban J connectivity index is 4.53. The maximum Gasteiger partial charge on any atom is 0.363 e. The second-order valence-corrected chi connectivity index (χ2v) is 2.45. The lowest BCUT2D eigenvalue weighted by Gasteiger charge is -2.01. The molecule has 0 bridgehead atoms. The van der Waals surface area contributed by atoms with Crippen LogP contribution in [0.5, 0.6) is 0 Å². The van der Waals surface area contributed by atoms with Gasteiger partial charge in [-0.3, -0.25) is 4.79 Å². The van der Waals surface area contributed by atoms with E-state index in [1.165, 1.54) is 7.11 Å². The maximum atomic E-state index is 10.8. The lowest BCUT2D eigenvalue weighted by atomic mass is 10.2. The Bertz CT molecular complexity index is 296. The van der Waals surface area contributed by atoms with E-state index in [-0.39, 0.29) is 12.8 Å². The summed E-state index contributed by atoms with van der Waals surface area (Å²) in [7, 11) is 2.23. The van der Waals surface area contributed by atoms with Crippen LogP contribution in [-0.2, 0) is 19.1 Å². The van der Waals surface area contributed by atoms with Crippen LogP contribution in [0.1, 0.15) is 12.8 Å². The molecule has 0 atom stereocenters. The van der Waals surface area contributed by atoms with Crippen LogP contribution in [0.3, 0.4) is 0 Å². The Morgan fingerprint density at radius 2 is 1.80 bits per heavy atom. The van der Waals surface area contributed by atoms with Crippen molar-refractivity contribution >= 4 is 11.9 Å². The first-order valence-electron chi connectivity index (χ1n) is 3.97. The fourth-order valence-corrected chi connectivity index (χ4v) is 0.745. The molecule has 0 aromatic carbocycles. The first kappa shape index (κ1) is 13.1. The van der Waals surface area contributed by atoms with Gasteiger partial charge in [-0.2, -0.15) is 0 Å². The highest BCUT2D eigenvalue weighted by Crippen LogP contribution is 2.11. The number of hydrogen-bond donors (Lipinski definition) is 1. The highest BCUT2D eigenvalue weighted by atomic mass is 16.5. The predicted octanol–water partition coefficient (Wildman–Crippen LogP) is 0.649. The van der Waals surface area contributed by atoms with Gasteiger partial charge >= 0.3 is 11.9 Å². The number of methoxy groups -OCH3 is 2. The Morgan fingerprint density at radius 1 is 1.20 bits per heavy atom. The molecular weight excluding hydrogens is 206 g/mol. The molecule has 84 valence electrons. The van der Waals surface area contributed by atoms with Gasteiger partial charge in [0.2, 0.25) is 5.70 Å². The van der Waals surface area contributed by atoms with Crippen LogP contribution >= 0.6 is 0 Å². The van der Waals surface area contributed by atoms with Crippen molar-refractivity contribution in [3.05, 3.63) is 16.4 Å². The van der Waals surface area contributed by atoms with E-state index < -0.39 is 23.4 Å². The Labute approximate surface area is 85.6 Å². The van der Waals surface area contributed by atoms with E-state index in [9.17, 15) is 19.6 Å². The standard InChI is InChI=1S/C8H11NO6/c1-14-6(11)4-3-5(10)7(9-13)8(12)15-2/h10H,3-4H2,1-2H3/b7-5+. The van der Waals surface area contributed by atoms with E-state index in [2.05, 4.69) is 14.7 Å². The first-order valence-corrected chi connectivity index (χ1v) is 3.97. The summed E-state index contributed by atoms with van der Waals surface area (Å²) in [5.74, 6) is -2.22. The fourth-order valence-electron chi connectivity index (χ4n) is 0.745. The van der Waals surface area contributed by atoms with E-state index in [1.807, 2.05) is 0 Å². The summed E-state index contributed by atoms with van der Waals surface area (Å²) in [6.45, 7) is 0. The first-order chi connectivity index (χ1) is 7.06. The van der Waals surface area contributed by atoms with Crippen LogP contribution in [0.2, 0.25) is 0 Å². The summed E-state index contributed by atoms with van der Waals surface area (Å²) < 4.78 is 8.49. The monoisotopic (exact) mass is 217 g/mol. The lowest BCUT2D eigenvalue weighted by molar-refractivity contribution is -0.141. The van der Waals surface area contributed by atoms with Crippen LogP contribution in [-0.4, -0.2) is 31.3 Å². The second kappa shape index (κ2) is 6.52. The van der Waals surface area contributed by atoms with Crippen molar-refractivity contribution in [2.75, 3.05) is 14.2 Å². The molecule has 0 aliphatic heterocycles. The van der Waals surface area contributed by atoms with Gasteiger partial charge in [0.25, 0.3) is 0 Å². The minimum Gasteiger partial charge on any atom is -0.510 e. The van der Waals surface area contributed by atoms with Crippen LogP contribution in [0.15, 0.2) is 16.6 Å². The minimum absolute atomic E-state index is 0.154. The molecule has 0 unspecified atom stereocenters. The molecule has 0 radical (unpaired) electrons. The number of aliphatic hydroxyl groups is 1. The number of rotatable bonds is 5. The molecule has 0 aliphatic rings. The molecule has 0 spiro atoms. The maximum absolute atomic E-state index is 10.8. The summed E-state index contributed by atoms with van der Waals surface area (Å²) in [5.41, 5.74) is -0.735. The van der Waals surface area contributed by atoms with Crippen molar-refractivity contribution in [1.29, 1.82) is 0 Å². The van der Waals surface area contributed by atoms with Gasteiger partial charge in [-0.1, -0.05) is 0 Å². The third-order valence-corrected chi connectivity index (χ3v) is 1.54. The number of allylic oxidation sites excluding steroid dienone is 1. The lowest BCUT2D eigenvalue weighted by Crippen LogP contribution is -2.07. The van der Waals surface area contributed by atoms with Gasteiger partial charge in [0.15, 0.2) is 0 Å². The Kier molecular flexibility index (Phi) is 5.69. The third kappa shape index (κ3) is 4.21. The van der Waals surface area contributed by atoms with Gasteiger partial charge in [-0.15, -0.1) is 4.91 Å². The van der Waals surface area contributed by atoms with Crippen LogP contribution in [0.4, 0.5) is 0 Å². The number of esters is 2. The van der Waals surface area contributed by atoms with Crippen LogP contribution < -0.4 is 0 Å². The van der Waals surface area contributed by atoms with E-state index in [0.29, 0.717) is 0 Å². The van der Waals surface area contributed by atoms with E-state index in [4.69, 9.17) is 0 Å². The van der Waals surface area contributed by atoms with Crippen LogP contribution in [0.25, 0.3) is 0 Å². The van der Waals surface area contributed by atoms with Gasteiger partial charge in [-0.05, 0) is 5.18 Å². The number of carbonyl (C=O) groups is 2. The summed E-state index contributed by atoms with van der Waals surface area (Å²) in [4.78, 5) is 31.7. The molecule has 0 aromatic rings. The summed E-state index contributed by atoms with van der Waals surface area (Å²) in [6, 6.07) is 0. The summed E-state index contributed by atoms with van der Waals surface area (Å²) in [6.07, 6.45) is -0.360. The fraction of sp³-hybridized carbons (Fsp3) is 0.500. The van der Waals surface area contributed by atoms with Crippen molar-refractivity contribution in [3.63, 3.8) is 0 Å². The van der Waals surface area contributed by atoms with Crippen molar-refractivity contribution in [2.24, 2.45) is 5.18 Å². The number of hydrogen-bond acceptors (Lipinski definition) is 7. The number of aliphatic hydroxyl groups excluding tert-OH is 1. The molecule has 7 nitrogen and oxygen atoms in total. The molecule has 0 fully saturated rings. The second-order valence-electron chi connectivity index (χ2n) is 2.45. The molecule has 0 aliphatic carbocycles. The summed E-state index contributed by atoms with van der Waals surface area (Å²) >= 11 is 0. The van der Waals surface area contributed by atoms with E-state index >= 15 is 0 Å². The zero-order valence-electron chi connectivity index (χ0n) is 8.35. The third-order valence-electron chi connectivity index (χ3n) is 1.54. The largest absolute Gasteiger partial charge is 0.510 e. The molecule has 1 N–H and O–H groups in total. The van der Waals surface area contributed by atoms with Gasteiger partial charge in [-0.25, -0.2) is 4.79 Å². The number of ether oxygens (including phenoxy) is 2. The van der Waals surface area contributed by atoms with Gasteiger partial charge in [0.05, 0.1) is 20.6 Å². The van der Waals surface area contributed by atoms with E-state index in [1.54, 1.807) is 0 Å². The molecule has 0 saturated carbocycles. The Morgan fingerprint density at radius 3 is 2.20 bits per heavy atom. The van der Waals surface area contributed by atoms with Gasteiger partial charge < -0.3 is 14.6 Å². The molecular formula is C8H11NO6. The minimum atomic E-state index is -1.05. The smallest absolute Gasteiger partial charge is 0.363 e. The van der Waals surface area contributed by atoms with E-state index in [0.717, 1.165) is 7.11 Å². The number of nitroso groups, excluding NO2 is 1. The van der Waals surface area contributed by atoms with Crippen molar-refractivity contribution in [1.82, 2.24) is 0 Å². The predicted molar refractivity (Wildman–Crippen MR) is 48.7 cm³/mol. The molecule has 0 heterocycles. The summed E-state index contributed by atoms with van der Waals surface area (Å²) in [5, 5.41) is 11.5. The average Bonchev–Trinajstić information content (AvgIpc) is 2.26. The van der Waals surface area contributed by atoms with Gasteiger partial charge in [0.1, 0.15) is 5.76 Å².